The average Bonchev–Trinajstić information content (AvgIpc) is 3.22. The largest absolute Gasteiger partial charge is 0.327 e. The molecule has 3 amide bonds. The first-order chi connectivity index (χ1) is 14.3. The van der Waals surface area contributed by atoms with Gasteiger partial charge in [0.25, 0.3) is 5.91 Å². The quantitative estimate of drug-likeness (QED) is 0.630. The summed E-state index contributed by atoms with van der Waals surface area (Å²) in [7, 11) is 0. The maximum absolute atomic E-state index is 12.9. The zero-order chi connectivity index (χ0) is 21.8. The molecule has 6 nitrogen and oxygen atoms in total. The van der Waals surface area contributed by atoms with E-state index >= 15 is 0 Å². The molecule has 1 atom stereocenters. The molecule has 0 aromatic heterocycles. The molecule has 2 aromatic carbocycles. The van der Waals surface area contributed by atoms with Crippen molar-refractivity contribution in [2.24, 2.45) is 0 Å². The molecule has 0 radical (unpaired) electrons. The predicted octanol–water partition coefficient (Wildman–Crippen LogP) is 5.24. The van der Waals surface area contributed by atoms with E-state index in [4.69, 9.17) is 34.8 Å². The number of amides is 3. The molecule has 2 N–H and O–H groups in total. The van der Waals surface area contributed by atoms with E-state index in [0.29, 0.717) is 52.8 Å². The van der Waals surface area contributed by atoms with Crippen molar-refractivity contribution >= 4 is 63.9 Å². The Balaban J connectivity index is 1.76. The molecule has 1 fully saturated rings. The van der Waals surface area contributed by atoms with Crippen LogP contribution in [0.3, 0.4) is 0 Å². The normalized spacial score (nSPS) is 15.7. The molecule has 1 unspecified atom stereocenters. The lowest BCUT2D eigenvalue weighted by molar-refractivity contribution is -0.119. The van der Waals surface area contributed by atoms with Crippen LogP contribution in [0.2, 0.25) is 15.1 Å². The van der Waals surface area contributed by atoms with E-state index in [9.17, 15) is 14.4 Å². The molecule has 158 valence electrons. The fourth-order valence-electron chi connectivity index (χ4n) is 3.24. The fourth-order valence-corrected chi connectivity index (χ4v) is 3.70. The van der Waals surface area contributed by atoms with Crippen LogP contribution in [0.5, 0.6) is 0 Å². The van der Waals surface area contributed by atoms with Gasteiger partial charge in [-0.25, -0.2) is 0 Å². The summed E-state index contributed by atoms with van der Waals surface area (Å²) in [6.07, 6.45) is 1.56. The van der Waals surface area contributed by atoms with Crippen LogP contribution in [-0.2, 0) is 9.59 Å². The van der Waals surface area contributed by atoms with Gasteiger partial charge in [-0.1, -0.05) is 41.7 Å². The monoisotopic (exact) mass is 467 g/mol. The highest BCUT2D eigenvalue weighted by atomic mass is 35.5. The molecule has 1 aliphatic rings. The van der Waals surface area contributed by atoms with Gasteiger partial charge in [-0.3, -0.25) is 14.4 Å². The van der Waals surface area contributed by atoms with Crippen LogP contribution in [0.1, 0.15) is 36.5 Å². The summed E-state index contributed by atoms with van der Waals surface area (Å²) in [6, 6.07) is 8.83. The van der Waals surface area contributed by atoms with E-state index in [0.717, 1.165) is 0 Å². The number of benzene rings is 2. The van der Waals surface area contributed by atoms with Gasteiger partial charge in [0.15, 0.2) is 0 Å². The number of carbonyl (C=O) groups is 3. The smallest absolute Gasteiger partial charge is 0.254 e. The second-order valence-corrected chi connectivity index (χ2v) is 8.09. The van der Waals surface area contributed by atoms with Gasteiger partial charge >= 0.3 is 0 Å². The average molecular weight is 469 g/mol. The molecule has 0 bridgehead atoms. The van der Waals surface area contributed by atoms with Gasteiger partial charge in [0.05, 0.1) is 20.8 Å². The van der Waals surface area contributed by atoms with Gasteiger partial charge in [-0.2, -0.15) is 0 Å². The third kappa shape index (κ3) is 5.06. The first kappa shape index (κ1) is 22.4. The van der Waals surface area contributed by atoms with Crippen LogP contribution in [0, 0.1) is 0 Å². The Morgan fingerprint density at radius 3 is 2.43 bits per heavy atom. The van der Waals surface area contributed by atoms with Gasteiger partial charge in [0.1, 0.15) is 6.04 Å². The second-order valence-electron chi connectivity index (χ2n) is 6.87. The first-order valence-electron chi connectivity index (χ1n) is 9.46. The van der Waals surface area contributed by atoms with Crippen molar-refractivity contribution in [2.75, 3.05) is 17.2 Å². The Morgan fingerprint density at radius 1 is 1.00 bits per heavy atom. The van der Waals surface area contributed by atoms with Crippen molar-refractivity contribution in [1.29, 1.82) is 0 Å². The number of anilines is 2. The molecular weight excluding hydrogens is 449 g/mol. The molecule has 0 saturated carbocycles. The number of rotatable bonds is 5. The Hall–Kier alpha value is -2.28. The molecule has 2 aromatic rings. The highest BCUT2D eigenvalue weighted by Crippen LogP contribution is 2.29. The van der Waals surface area contributed by atoms with Gasteiger partial charge in [0, 0.05) is 24.2 Å². The Labute approximate surface area is 189 Å². The topological polar surface area (TPSA) is 78.5 Å². The van der Waals surface area contributed by atoms with Gasteiger partial charge in [-0.15, -0.1) is 0 Å². The van der Waals surface area contributed by atoms with E-state index in [1.165, 1.54) is 11.0 Å². The number of nitrogens with one attached hydrogen (secondary N) is 2. The molecule has 0 aliphatic carbocycles. The van der Waals surface area contributed by atoms with Gasteiger partial charge in [0.2, 0.25) is 11.8 Å². The molecule has 3 rings (SSSR count). The lowest BCUT2D eigenvalue weighted by atomic mass is 10.1. The Kier molecular flexibility index (Phi) is 7.23. The van der Waals surface area contributed by atoms with E-state index in [2.05, 4.69) is 10.6 Å². The molecule has 30 heavy (non-hydrogen) atoms. The van der Waals surface area contributed by atoms with Crippen LogP contribution in [0.15, 0.2) is 36.4 Å². The molecule has 1 aliphatic heterocycles. The molecular formula is C21H20Cl3N3O3. The standard InChI is InChI=1S/C21H20Cl3N3O3/c1-2-19(28)25-13-6-8-15(23)17(11-13)26-20(29)18-4-3-9-27(18)21(30)12-5-7-14(22)16(24)10-12/h5-8,10-11,18H,2-4,9H2,1H3,(H,25,28)(H,26,29). The highest BCUT2D eigenvalue weighted by molar-refractivity contribution is 6.42. The van der Waals surface area contributed by atoms with Gasteiger partial charge in [-0.05, 0) is 49.2 Å². The highest BCUT2D eigenvalue weighted by Gasteiger charge is 2.35. The number of likely N-dealkylation sites (tertiary alicyclic amines) is 1. The summed E-state index contributed by atoms with van der Waals surface area (Å²) in [5.41, 5.74) is 1.26. The number of hydrogen-bond acceptors (Lipinski definition) is 3. The zero-order valence-electron chi connectivity index (χ0n) is 16.2. The summed E-state index contributed by atoms with van der Waals surface area (Å²) < 4.78 is 0. The zero-order valence-corrected chi connectivity index (χ0v) is 18.4. The van der Waals surface area contributed by atoms with Crippen molar-refractivity contribution in [3.63, 3.8) is 0 Å². The Bertz CT molecular complexity index is 997. The molecule has 9 heteroatoms. The second kappa shape index (κ2) is 9.69. The van der Waals surface area contributed by atoms with Crippen LogP contribution < -0.4 is 10.6 Å². The Morgan fingerprint density at radius 2 is 1.73 bits per heavy atom. The van der Waals surface area contributed by atoms with Crippen LogP contribution in [0.4, 0.5) is 11.4 Å². The van der Waals surface area contributed by atoms with E-state index < -0.39 is 6.04 Å². The van der Waals surface area contributed by atoms with E-state index in [1.54, 1.807) is 37.3 Å². The summed E-state index contributed by atoms with van der Waals surface area (Å²) >= 11 is 18.2. The third-order valence-corrected chi connectivity index (χ3v) is 5.88. The lowest BCUT2D eigenvalue weighted by Crippen LogP contribution is -2.43. The number of nitrogens with zero attached hydrogens (tertiary/aromatic N) is 1. The summed E-state index contributed by atoms with van der Waals surface area (Å²) in [4.78, 5) is 39.0. The number of hydrogen-bond donors (Lipinski definition) is 2. The van der Waals surface area contributed by atoms with Crippen LogP contribution >= 0.6 is 34.8 Å². The minimum absolute atomic E-state index is 0.149. The van der Waals surface area contributed by atoms with E-state index in [-0.39, 0.29) is 22.7 Å². The van der Waals surface area contributed by atoms with E-state index in [1.807, 2.05) is 0 Å². The van der Waals surface area contributed by atoms with Crippen molar-refractivity contribution < 1.29 is 14.4 Å². The number of carbonyl (C=O) groups excluding carboxylic acids is 3. The van der Waals surface area contributed by atoms with Crippen LogP contribution in [0.25, 0.3) is 0 Å². The summed E-state index contributed by atoms with van der Waals surface area (Å²) in [6.45, 7) is 2.20. The summed E-state index contributed by atoms with van der Waals surface area (Å²) in [5, 5.41) is 6.47. The van der Waals surface area contributed by atoms with Crippen molar-refractivity contribution in [2.45, 2.75) is 32.2 Å². The number of halogens is 3. The van der Waals surface area contributed by atoms with Crippen molar-refractivity contribution in [3.05, 3.63) is 57.0 Å². The SMILES string of the molecule is CCC(=O)Nc1ccc(Cl)c(NC(=O)C2CCCN2C(=O)c2ccc(Cl)c(Cl)c2)c1. The lowest BCUT2D eigenvalue weighted by Gasteiger charge is -2.24. The minimum Gasteiger partial charge on any atom is -0.327 e. The predicted molar refractivity (Wildman–Crippen MR) is 120 cm³/mol. The minimum atomic E-state index is -0.642. The summed E-state index contributed by atoms with van der Waals surface area (Å²) in [5.74, 6) is -0.785. The molecule has 0 spiro atoms. The van der Waals surface area contributed by atoms with Crippen molar-refractivity contribution in [3.8, 4) is 0 Å². The maximum atomic E-state index is 12.9. The van der Waals surface area contributed by atoms with Crippen LogP contribution in [-0.4, -0.2) is 35.2 Å². The van der Waals surface area contributed by atoms with Gasteiger partial charge < -0.3 is 15.5 Å². The first-order valence-corrected chi connectivity index (χ1v) is 10.6. The molecule has 1 heterocycles. The fraction of sp³-hybridized carbons (Fsp3) is 0.286. The molecule has 1 saturated heterocycles. The maximum Gasteiger partial charge on any atom is 0.254 e. The third-order valence-electron chi connectivity index (χ3n) is 4.81. The van der Waals surface area contributed by atoms with Crippen molar-refractivity contribution in [1.82, 2.24) is 4.90 Å².